The standard InChI is InChI=1S/C27H38N6O/c1-18(2)25(26-29-30-31-33(26)23-11-7-8-12-23)32(22-9-5-4-6-10-22)17-21-16-20-15-19(3)13-14-24(20)28-27(21)34/h13-16,18,22-23,25H,4-12,17H2,1-3H3,(H,28,34)/t25-/m1/s1. The van der Waals surface area contributed by atoms with Crippen LogP contribution in [0, 0.1) is 12.8 Å². The second-order valence-electron chi connectivity index (χ2n) is 10.8. The molecule has 2 fully saturated rings. The fourth-order valence-corrected chi connectivity index (χ4v) is 6.19. The van der Waals surface area contributed by atoms with Gasteiger partial charge in [0.1, 0.15) is 0 Å². The van der Waals surface area contributed by atoms with E-state index < -0.39 is 0 Å². The molecule has 2 saturated carbocycles. The number of rotatable bonds is 7. The molecular formula is C27H38N6O. The summed E-state index contributed by atoms with van der Waals surface area (Å²) in [4.78, 5) is 18.9. The zero-order valence-corrected chi connectivity index (χ0v) is 20.8. The maximum atomic E-state index is 13.2. The summed E-state index contributed by atoms with van der Waals surface area (Å²) in [7, 11) is 0. The number of benzene rings is 1. The molecule has 0 saturated heterocycles. The van der Waals surface area contributed by atoms with Gasteiger partial charge >= 0.3 is 0 Å². The number of aromatic nitrogens is 5. The molecule has 7 nitrogen and oxygen atoms in total. The van der Waals surface area contributed by atoms with E-state index in [1.54, 1.807) is 0 Å². The van der Waals surface area contributed by atoms with Crippen LogP contribution in [0.1, 0.15) is 101 Å². The Morgan fingerprint density at radius 2 is 1.79 bits per heavy atom. The van der Waals surface area contributed by atoms with Gasteiger partial charge in [0, 0.05) is 23.7 Å². The predicted molar refractivity (Wildman–Crippen MR) is 135 cm³/mol. The van der Waals surface area contributed by atoms with Crippen molar-refractivity contribution in [1.29, 1.82) is 0 Å². The molecule has 3 aromatic rings. The topological polar surface area (TPSA) is 79.7 Å². The molecule has 1 aromatic carbocycles. The molecule has 182 valence electrons. The van der Waals surface area contributed by atoms with Gasteiger partial charge in [0.2, 0.25) is 0 Å². The average molecular weight is 463 g/mol. The summed E-state index contributed by atoms with van der Waals surface area (Å²) in [6, 6.07) is 9.19. The molecule has 0 amide bonds. The first kappa shape index (κ1) is 23.2. The minimum absolute atomic E-state index is 0.00931. The van der Waals surface area contributed by atoms with Gasteiger partial charge in [-0.1, -0.05) is 57.6 Å². The maximum absolute atomic E-state index is 13.2. The number of hydrogen-bond donors (Lipinski definition) is 1. The second-order valence-corrected chi connectivity index (χ2v) is 10.8. The molecule has 0 spiro atoms. The summed E-state index contributed by atoms with van der Waals surface area (Å²) in [6.07, 6.45) is 10.9. The van der Waals surface area contributed by atoms with E-state index in [-0.39, 0.29) is 11.6 Å². The van der Waals surface area contributed by atoms with E-state index in [0.29, 0.717) is 24.5 Å². The number of aromatic amines is 1. The Kier molecular flexibility index (Phi) is 6.82. The highest BCUT2D eigenvalue weighted by molar-refractivity contribution is 5.79. The third-order valence-electron chi connectivity index (χ3n) is 7.92. The van der Waals surface area contributed by atoms with Crippen molar-refractivity contribution >= 4 is 10.9 Å². The van der Waals surface area contributed by atoms with Crippen LogP contribution >= 0.6 is 0 Å². The molecule has 1 N–H and O–H groups in total. The van der Waals surface area contributed by atoms with E-state index in [1.165, 1.54) is 50.5 Å². The number of tetrazole rings is 1. The monoisotopic (exact) mass is 462 g/mol. The van der Waals surface area contributed by atoms with E-state index in [2.05, 4.69) is 63.0 Å². The van der Waals surface area contributed by atoms with Crippen LogP contribution in [0.2, 0.25) is 0 Å². The van der Waals surface area contributed by atoms with Crippen LogP contribution in [-0.2, 0) is 6.54 Å². The van der Waals surface area contributed by atoms with Gasteiger partial charge in [-0.2, -0.15) is 0 Å². The molecule has 2 heterocycles. The molecule has 0 radical (unpaired) electrons. The molecule has 5 rings (SSSR count). The summed E-state index contributed by atoms with van der Waals surface area (Å²) in [5.41, 5.74) is 2.93. The predicted octanol–water partition coefficient (Wildman–Crippen LogP) is 5.47. The normalized spacial score (nSPS) is 19.0. The zero-order chi connectivity index (χ0) is 23.7. The van der Waals surface area contributed by atoms with Crippen LogP contribution in [0.3, 0.4) is 0 Å². The van der Waals surface area contributed by atoms with Crippen molar-refractivity contribution in [2.75, 3.05) is 0 Å². The van der Waals surface area contributed by atoms with Gasteiger partial charge in [-0.25, -0.2) is 4.68 Å². The van der Waals surface area contributed by atoms with Crippen molar-refractivity contribution in [3.8, 4) is 0 Å². The summed E-state index contributed by atoms with van der Waals surface area (Å²) >= 11 is 0. The Balaban J connectivity index is 1.55. The maximum Gasteiger partial charge on any atom is 0.252 e. The minimum Gasteiger partial charge on any atom is -0.322 e. The number of H-pyrrole nitrogens is 1. The summed E-state index contributed by atoms with van der Waals surface area (Å²) in [5, 5.41) is 14.3. The zero-order valence-electron chi connectivity index (χ0n) is 20.8. The largest absolute Gasteiger partial charge is 0.322 e. The van der Waals surface area contributed by atoms with Gasteiger partial charge in [0.25, 0.3) is 5.56 Å². The van der Waals surface area contributed by atoms with Gasteiger partial charge < -0.3 is 4.98 Å². The molecule has 2 aliphatic carbocycles. The summed E-state index contributed by atoms with van der Waals surface area (Å²) in [6.45, 7) is 7.24. The van der Waals surface area contributed by atoms with Crippen LogP contribution in [0.15, 0.2) is 29.1 Å². The third-order valence-corrected chi connectivity index (χ3v) is 7.92. The van der Waals surface area contributed by atoms with Crippen LogP contribution in [-0.4, -0.2) is 36.1 Å². The Morgan fingerprint density at radius 1 is 1.06 bits per heavy atom. The number of fused-ring (bicyclic) bond motifs is 1. The van der Waals surface area contributed by atoms with Gasteiger partial charge in [0.05, 0.1) is 12.1 Å². The van der Waals surface area contributed by atoms with Crippen molar-refractivity contribution in [3.63, 3.8) is 0 Å². The van der Waals surface area contributed by atoms with Crippen molar-refractivity contribution in [3.05, 3.63) is 51.6 Å². The van der Waals surface area contributed by atoms with E-state index in [0.717, 1.165) is 35.1 Å². The lowest BCUT2D eigenvalue weighted by Crippen LogP contribution is -2.43. The molecule has 34 heavy (non-hydrogen) atoms. The Bertz CT molecular complexity index is 1170. The van der Waals surface area contributed by atoms with Crippen LogP contribution in [0.4, 0.5) is 0 Å². The molecule has 2 aromatic heterocycles. The van der Waals surface area contributed by atoms with Gasteiger partial charge in [-0.3, -0.25) is 9.69 Å². The minimum atomic E-state index is 0.00931. The Morgan fingerprint density at radius 3 is 2.53 bits per heavy atom. The molecule has 1 atom stereocenters. The lowest BCUT2D eigenvalue weighted by atomic mass is 9.90. The summed E-state index contributed by atoms with van der Waals surface area (Å²) in [5.74, 6) is 1.30. The molecular weight excluding hydrogens is 424 g/mol. The Hall–Kier alpha value is -2.54. The summed E-state index contributed by atoms with van der Waals surface area (Å²) < 4.78 is 2.11. The van der Waals surface area contributed by atoms with Gasteiger partial charge in [-0.15, -0.1) is 5.10 Å². The second kappa shape index (κ2) is 9.98. The van der Waals surface area contributed by atoms with Crippen molar-refractivity contribution in [2.45, 2.75) is 103 Å². The first-order valence-corrected chi connectivity index (χ1v) is 13.2. The number of pyridine rings is 1. The Labute approximate surface area is 201 Å². The van der Waals surface area contributed by atoms with Crippen molar-refractivity contribution < 1.29 is 0 Å². The number of nitrogens with zero attached hydrogens (tertiary/aromatic N) is 5. The highest BCUT2D eigenvalue weighted by Crippen LogP contribution is 2.38. The van der Waals surface area contributed by atoms with Crippen LogP contribution < -0.4 is 5.56 Å². The third kappa shape index (κ3) is 4.67. The van der Waals surface area contributed by atoms with E-state index in [1.807, 2.05) is 12.1 Å². The van der Waals surface area contributed by atoms with E-state index in [4.69, 9.17) is 0 Å². The van der Waals surface area contributed by atoms with Gasteiger partial charge in [-0.05, 0) is 72.5 Å². The fraction of sp³-hybridized carbons (Fsp3) is 0.630. The molecule has 7 heteroatoms. The van der Waals surface area contributed by atoms with Crippen molar-refractivity contribution in [2.24, 2.45) is 5.92 Å². The van der Waals surface area contributed by atoms with Crippen LogP contribution in [0.25, 0.3) is 10.9 Å². The highest BCUT2D eigenvalue weighted by atomic mass is 16.1. The smallest absolute Gasteiger partial charge is 0.252 e. The van der Waals surface area contributed by atoms with Crippen LogP contribution in [0.5, 0.6) is 0 Å². The van der Waals surface area contributed by atoms with E-state index >= 15 is 0 Å². The number of hydrogen-bond acceptors (Lipinski definition) is 5. The number of aryl methyl sites for hydroxylation is 1. The molecule has 0 aliphatic heterocycles. The lowest BCUT2D eigenvalue weighted by molar-refractivity contribution is 0.0598. The SMILES string of the molecule is Cc1ccc2[nH]c(=O)c(CN(C3CCCCC3)[C@@H](c3nnnn3C3CCCC3)C(C)C)cc2c1. The first-order chi connectivity index (χ1) is 16.5. The van der Waals surface area contributed by atoms with Gasteiger partial charge in [0.15, 0.2) is 5.82 Å². The average Bonchev–Trinajstić information content (AvgIpc) is 3.52. The molecule has 0 bridgehead atoms. The quantitative estimate of drug-likeness (QED) is 0.504. The fourth-order valence-electron chi connectivity index (χ4n) is 6.19. The van der Waals surface area contributed by atoms with E-state index in [9.17, 15) is 4.79 Å². The molecule has 2 aliphatic rings. The number of nitrogens with one attached hydrogen (secondary N) is 1. The van der Waals surface area contributed by atoms with Crippen molar-refractivity contribution in [1.82, 2.24) is 30.1 Å². The highest BCUT2D eigenvalue weighted by Gasteiger charge is 2.36. The molecule has 0 unspecified atom stereocenters. The lowest BCUT2D eigenvalue weighted by Gasteiger charge is -2.41. The first-order valence-electron chi connectivity index (χ1n) is 13.2.